The summed E-state index contributed by atoms with van der Waals surface area (Å²) in [6.45, 7) is 1.71. The van der Waals surface area contributed by atoms with E-state index in [-0.39, 0.29) is 5.95 Å². The third-order valence-corrected chi connectivity index (χ3v) is 2.98. The number of nitrogens with one attached hydrogen (secondary N) is 1. The molecule has 0 aliphatic rings. The highest BCUT2D eigenvalue weighted by Gasteiger charge is 2.09. The van der Waals surface area contributed by atoms with E-state index in [1.807, 2.05) is 30.3 Å². The molecule has 0 saturated carbocycles. The summed E-state index contributed by atoms with van der Waals surface area (Å²) in [5.41, 5.74) is 6.70. The van der Waals surface area contributed by atoms with Gasteiger partial charge < -0.3 is 24.9 Å². The number of fused-ring (bicyclic) bond motifs is 1. The molecule has 0 saturated heterocycles. The number of benzene rings is 1. The highest BCUT2D eigenvalue weighted by Crippen LogP contribution is 2.19. The van der Waals surface area contributed by atoms with Crippen molar-refractivity contribution in [2.75, 3.05) is 32.2 Å². The fourth-order valence-corrected chi connectivity index (χ4v) is 1.96. The predicted octanol–water partition coefficient (Wildman–Crippen LogP) is 1.41. The van der Waals surface area contributed by atoms with E-state index in [2.05, 4.69) is 19.9 Å². The van der Waals surface area contributed by atoms with Gasteiger partial charge in [0, 0.05) is 0 Å². The molecule has 0 spiro atoms. The maximum absolute atomic E-state index is 5.61. The van der Waals surface area contributed by atoms with Gasteiger partial charge in [-0.15, -0.1) is 0 Å². The number of hydrogen-bond donors (Lipinski definition) is 2. The smallest absolute Gasteiger partial charge is 0.245 e. The Hall–Kier alpha value is -2.87. The molecule has 0 bridgehead atoms. The van der Waals surface area contributed by atoms with E-state index in [1.165, 1.54) is 6.33 Å². The van der Waals surface area contributed by atoms with E-state index in [9.17, 15) is 0 Å². The van der Waals surface area contributed by atoms with Crippen LogP contribution in [0.15, 0.2) is 36.7 Å². The first-order chi connectivity index (χ1) is 11.3. The third kappa shape index (κ3) is 4.07. The fourth-order valence-electron chi connectivity index (χ4n) is 1.96. The van der Waals surface area contributed by atoms with Crippen LogP contribution in [0.25, 0.3) is 11.2 Å². The minimum absolute atomic E-state index is 0.122. The quantitative estimate of drug-likeness (QED) is 0.605. The maximum atomic E-state index is 5.61. The highest BCUT2D eigenvalue weighted by atomic mass is 16.5. The zero-order valence-electron chi connectivity index (χ0n) is 12.4. The molecular formula is C15H17N5O3. The molecule has 23 heavy (non-hydrogen) atoms. The van der Waals surface area contributed by atoms with Gasteiger partial charge in [-0.2, -0.15) is 9.97 Å². The molecule has 3 aromatic rings. The Morgan fingerprint density at radius 3 is 2.57 bits per heavy atom. The van der Waals surface area contributed by atoms with Crippen molar-refractivity contribution in [2.45, 2.75) is 0 Å². The molecule has 8 nitrogen and oxygen atoms in total. The number of para-hydroxylation sites is 1. The zero-order valence-corrected chi connectivity index (χ0v) is 12.4. The van der Waals surface area contributed by atoms with Gasteiger partial charge in [-0.3, -0.25) is 0 Å². The number of imidazole rings is 1. The number of hydrogen-bond acceptors (Lipinski definition) is 7. The van der Waals surface area contributed by atoms with Crippen LogP contribution in [-0.4, -0.2) is 46.4 Å². The van der Waals surface area contributed by atoms with Crippen molar-refractivity contribution in [3.63, 3.8) is 0 Å². The minimum atomic E-state index is 0.122. The molecule has 0 unspecified atom stereocenters. The average molecular weight is 315 g/mol. The molecule has 0 amide bonds. The molecule has 0 aliphatic heterocycles. The summed E-state index contributed by atoms with van der Waals surface area (Å²) in [4.78, 5) is 15.0. The lowest BCUT2D eigenvalue weighted by Gasteiger charge is -2.08. The monoisotopic (exact) mass is 315 g/mol. The number of ether oxygens (including phenoxy) is 3. The summed E-state index contributed by atoms with van der Waals surface area (Å²) < 4.78 is 16.5. The Morgan fingerprint density at radius 2 is 1.74 bits per heavy atom. The number of aromatic amines is 1. The van der Waals surface area contributed by atoms with Crippen molar-refractivity contribution in [2.24, 2.45) is 0 Å². The minimum Gasteiger partial charge on any atom is -0.491 e. The molecule has 0 fully saturated rings. The van der Waals surface area contributed by atoms with E-state index >= 15 is 0 Å². The van der Waals surface area contributed by atoms with Crippen LogP contribution in [0.3, 0.4) is 0 Å². The number of anilines is 1. The molecule has 0 radical (unpaired) electrons. The molecule has 0 aliphatic carbocycles. The molecule has 3 rings (SSSR count). The molecular weight excluding hydrogens is 298 g/mol. The predicted molar refractivity (Wildman–Crippen MR) is 84.3 cm³/mol. The van der Waals surface area contributed by atoms with Gasteiger partial charge in [-0.25, -0.2) is 4.98 Å². The van der Waals surface area contributed by atoms with Crippen molar-refractivity contribution < 1.29 is 14.2 Å². The lowest BCUT2D eigenvalue weighted by Crippen LogP contribution is -2.13. The van der Waals surface area contributed by atoms with Gasteiger partial charge in [0.1, 0.15) is 24.5 Å². The second-order valence-electron chi connectivity index (χ2n) is 4.61. The zero-order chi connectivity index (χ0) is 15.9. The largest absolute Gasteiger partial charge is 0.491 e. The van der Waals surface area contributed by atoms with E-state index < -0.39 is 0 Å². The Labute approximate surface area is 132 Å². The van der Waals surface area contributed by atoms with Crippen LogP contribution in [0.4, 0.5) is 5.95 Å². The molecule has 2 aromatic heterocycles. The standard InChI is InChI=1S/C15H17N5O3/c16-15-19-13-12(17-10-18-13)14(20-15)23-9-7-21-6-8-22-11-4-2-1-3-5-11/h1-5,10H,6-9H2,(H3,16,17,18,19,20). The van der Waals surface area contributed by atoms with Gasteiger partial charge in [0.15, 0.2) is 5.65 Å². The summed E-state index contributed by atoms with van der Waals surface area (Å²) in [5.74, 6) is 1.32. The van der Waals surface area contributed by atoms with Gasteiger partial charge in [-0.1, -0.05) is 18.2 Å². The van der Waals surface area contributed by atoms with Gasteiger partial charge >= 0.3 is 0 Å². The van der Waals surface area contributed by atoms with Crippen LogP contribution >= 0.6 is 0 Å². The molecule has 120 valence electrons. The van der Waals surface area contributed by atoms with E-state index in [0.717, 1.165) is 5.75 Å². The normalized spacial score (nSPS) is 10.8. The first kappa shape index (κ1) is 15.0. The molecule has 2 heterocycles. The first-order valence-corrected chi connectivity index (χ1v) is 7.18. The SMILES string of the molecule is Nc1nc(OCCOCCOc2ccccc2)c2[nH]cnc2n1. The Balaban J connectivity index is 1.37. The van der Waals surface area contributed by atoms with Crippen molar-refractivity contribution in [1.82, 2.24) is 19.9 Å². The van der Waals surface area contributed by atoms with Gasteiger partial charge in [0.25, 0.3) is 0 Å². The van der Waals surface area contributed by atoms with Crippen LogP contribution in [0.2, 0.25) is 0 Å². The summed E-state index contributed by atoms with van der Waals surface area (Å²) >= 11 is 0. The van der Waals surface area contributed by atoms with E-state index in [0.29, 0.717) is 43.5 Å². The topological polar surface area (TPSA) is 108 Å². The van der Waals surface area contributed by atoms with Crippen LogP contribution in [0.1, 0.15) is 0 Å². The maximum Gasteiger partial charge on any atom is 0.245 e. The molecule has 3 N–H and O–H groups in total. The van der Waals surface area contributed by atoms with Crippen LogP contribution in [-0.2, 0) is 4.74 Å². The number of nitrogen functional groups attached to an aromatic ring is 1. The molecule has 8 heteroatoms. The highest BCUT2D eigenvalue weighted by molar-refractivity contribution is 5.76. The van der Waals surface area contributed by atoms with Gasteiger partial charge in [0.2, 0.25) is 11.8 Å². The van der Waals surface area contributed by atoms with E-state index in [1.54, 1.807) is 0 Å². The fraction of sp³-hybridized carbons (Fsp3) is 0.267. The van der Waals surface area contributed by atoms with Gasteiger partial charge in [0.05, 0.1) is 19.5 Å². The summed E-state index contributed by atoms with van der Waals surface area (Å²) in [5, 5.41) is 0. The van der Waals surface area contributed by atoms with Crippen molar-refractivity contribution >= 4 is 17.1 Å². The van der Waals surface area contributed by atoms with Crippen molar-refractivity contribution in [3.8, 4) is 11.6 Å². The number of rotatable bonds is 8. The number of H-pyrrole nitrogens is 1. The number of nitrogens with zero attached hydrogens (tertiary/aromatic N) is 3. The average Bonchev–Trinajstić information content (AvgIpc) is 3.03. The molecule has 0 atom stereocenters. The lowest BCUT2D eigenvalue weighted by molar-refractivity contribution is 0.0757. The Kier molecular flexibility index (Phi) is 4.85. The van der Waals surface area contributed by atoms with Gasteiger partial charge in [-0.05, 0) is 12.1 Å². The number of nitrogens with two attached hydrogens (primary N) is 1. The summed E-state index contributed by atoms with van der Waals surface area (Å²) in [6.07, 6.45) is 1.52. The van der Waals surface area contributed by atoms with Crippen LogP contribution in [0, 0.1) is 0 Å². The number of aromatic nitrogens is 4. The van der Waals surface area contributed by atoms with Crippen LogP contribution in [0.5, 0.6) is 11.6 Å². The van der Waals surface area contributed by atoms with E-state index in [4.69, 9.17) is 19.9 Å². The lowest BCUT2D eigenvalue weighted by atomic mass is 10.3. The second kappa shape index (κ2) is 7.41. The van der Waals surface area contributed by atoms with Crippen molar-refractivity contribution in [3.05, 3.63) is 36.7 Å². The summed E-state index contributed by atoms with van der Waals surface area (Å²) in [7, 11) is 0. The van der Waals surface area contributed by atoms with Crippen LogP contribution < -0.4 is 15.2 Å². The third-order valence-electron chi connectivity index (χ3n) is 2.98. The summed E-state index contributed by atoms with van der Waals surface area (Å²) in [6, 6.07) is 9.59. The Morgan fingerprint density at radius 1 is 0.957 bits per heavy atom. The van der Waals surface area contributed by atoms with Crippen molar-refractivity contribution in [1.29, 1.82) is 0 Å². The first-order valence-electron chi connectivity index (χ1n) is 7.18. The Bertz CT molecular complexity index is 747. The second-order valence-corrected chi connectivity index (χ2v) is 4.61. The molecule has 1 aromatic carbocycles.